The zero-order valence-corrected chi connectivity index (χ0v) is 32.6. The van der Waals surface area contributed by atoms with Crippen molar-refractivity contribution in [2.75, 3.05) is 6.61 Å². The minimum atomic E-state index is -0.957. The summed E-state index contributed by atoms with van der Waals surface area (Å²) in [4.78, 5) is 12.4. The minimum Gasteiger partial charge on any atom is -0.394 e. The maximum atomic E-state index is 12.4. The number of rotatable bonds is 38. The highest BCUT2D eigenvalue weighted by Crippen LogP contribution is 2.15. The van der Waals surface area contributed by atoms with Crippen LogP contribution in [-0.4, -0.2) is 46.1 Å². The lowest BCUT2D eigenvalue weighted by Crippen LogP contribution is -2.45. The normalized spacial score (nSPS) is 14.0. The zero-order chi connectivity index (χ0) is 35.9. The first-order chi connectivity index (χ1) is 24.0. The number of aliphatic hydroxyl groups excluding tert-OH is 3. The van der Waals surface area contributed by atoms with Crippen molar-refractivity contribution >= 4 is 5.91 Å². The summed E-state index contributed by atoms with van der Waals surface area (Å²) in [6, 6.07) is -0.764. The molecule has 0 aromatic carbocycles. The number of allylic oxidation sites excluding steroid dienone is 5. The van der Waals surface area contributed by atoms with E-state index in [9.17, 15) is 20.1 Å². The van der Waals surface area contributed by atoms with E-state index in [-0.39, 0.29) is 18.9 Å². The molecule has 0 spiro atoms. The van der Waals surface area contributed by atoms with Gasteiger partial charge in [-0.05, 0) is 44.9 Å². The lowest BCUT2D eigenvalue weighted by Gasteiger charge is -2.21. The topological polar surface area (TPSA) is 89.8 Å². The van der Waals surface area contributed by atoms with E-state index in [1.54, 1.807) is 6.08 Å². The summed E-state index contributed by atoms with van der Waals surface area (Å²) in [6.07, 6.45) is 48.5. The van der Waals surface area contributed by atoms with E-state index in [0.717, 1.165) is 38.5 Å². The third-order valence-electron chi connectivity index (χ3n) is 9.66. The smallest absolute Gasteiger partial charge is 0.222 e. The quantitative estimate of drug-likeness (QED) is 0.0384. The standard InChI is InChI=1S/C44H83NO4/c1-3-5-7-9-11-13-15-17-19-21-22-24-26-28-30-32-34-36-38-43(48)42(40-46)45-44(49)39-41(47)37-35-33-31-29-27-25-23-20-18-16-14-12-10-8-6-4-2/h21-22,28,30,36,38,41-43,46-48H,3-20,23-27,29,31-35,37,39-40H2,1-2H3,(H,45,49)/b22-21+,30-28+,38-36+. The molecule has 0 saturated heterocycles. The van der Waals surface area contributed by atoms with Crippen molar-refractivity contribution in [2.45, 2.75) is 231 Å². The van der Waals surface area contributed by atoms with Gasteiger partial charge in [0.15, 0.2) is 0 Å². The van der Waals surface area contributed by atoms with Crippen LogP contribution in [0.5, 0.6) is 0 Å². The Labute approximate surface area is 304 Å². The van der Waals surface area contributed by atoms with Crippen molar-refractivity contribution in [1.29, 1.82) is 0 Å². The number of amides is 1. The van der Waals surface area contributed by atoms with Crippen LogP contribution in [-0.2, 0) is 4.79 Å². The Hall–Kier alpha value is -1.43. The summed E-state index contributed by atoms with van der Waals surface area (Å²) in [6.45, 7) is 4.19. The van der Waals surface area contributed by atoms with Gasteiger partial charge in [-0.3, -0.25) is 4.79 Å². The molecule has 5 heteroatoms. The molecule has 0 aliphatic rings. The molecule has 5 nitrogen and oxygen atoms in total. The first-order valence-electron chi connectivity index (χ1n) is 21.3. The van der Waals surface area contributed by atoms with Crippen LogP contribution in [0.1, 0.15) is 213 Å². The third kappa shape index (κ3) is 36.2. The van der Waals surface area contributed by atoms with Gasteiger partial charge in [-0.1, -0.05) is 198 Å². The lowest BCUT2D eigenvalue weighted by molar-refractivity contribution is -0.124. The lowest BCUT2D eigenvalue weighted by atomic mass is 10.0. The van der Waals surface area contributed by atoms with Gasteiger partial charge >= 0.3 is 0 Å². The van der Waals surface area contributed by atoms with Crippen LogP contribution in [0.15, 0.2) is 36.5 Å². The molecule has 1 amide bonds. The Morgan fingerprint density at radius 1 is 0.510 bits per heavy atom. The van der Waals surface area contributed by atoms with Crippen LogP contribution in [0.4, 0.5) is 0 Å². The van der Waals surface area contributed by atoms with Crippen LogP contribution in [0.2, 0.25) is 0 Å². The van der Waals surface area contributed by atoms with E-state index in [2.05, 4.69) is 43.5 Å². The maximum Gasteiger partial charge on any atom is 0.222 e. The largest absolute Gasteiger partial charge is 0.394 e. The van der Waals surface area contributed by atoms with Crippen LogP contribution in [0.25, 0.3) is 0 Å². The maximum absolute atomic E-state index is 12.4. The van der Waals surface area contributed by atoms with E-state index in [0.29, 0.717) is 6.42 Å². The van der Waals surface area contributed by atoms with Gasteiger partial charge in [0.25, 0.3) is 0 Å². The first kappa shape index (κ1) is 47.6. The van der Waals surface area contributed by atoms with Gasteiger partial charge in [-0.2, -0.15) is 0 Å². The number of hydrogen-bond acceptors (Lipinski definition) is 4. The van der Waals surface area contributed by atoms with Gasteiger partial charge in [0.05, 0.1) is 31.3 Å². The molecule has 3 unspecified atom stereocenters. The second-order valence-corrected chi connectivity index (χ2v) is 14.6. The number of unbranched alkanes of at least 4 members (excludes halogenated alkanes) is 25. The number of nitrogens with one attached hydrogen (secondary N) is 1. The number of carbonyl (C=O) groups excluding carboxylic acids is 1. The molecule has 0 aliphatic heterocycles. The Morgan fingerprint density at radius 3 is 1.31 bits per heavy atom. The molecular weight excluding hydrogens is 606 g/mol. The summed E-state index contributed by atoms with van der Waals surface area (Å²) >= 11 is 0. The highest BCUT2D eigenvalue weighted by molar-refractivity contribution is 5.76. The molecule has 49 heavy (non-hydrogen) atoms. The van der Waals surface area contributed by atoms with Crippen molar-refractivity contribution < 1.29 is 20.1 Å². The Balaban J connectivity index is 3.75. The predicted octanol–water partition coefficient (Wildman–Crippen LogP) is 12.0. The molecule has 0 radical (unpaired) electrons. The monoisotopic (exact) mass is 690 g/mol. The highest BCUT2D eigenvalue weighted by atomic mass is 16.3. The van der Waals surface area contributed by atoms with Crippen LogP contribution in [0, 0.1) is 0 Å². The number of hydrogen-bond donors (Lipinski definition) is 4. The molecule has 0 aliphatic carbocycles. The zero-order valence-electron chi connectivity index (χ0n) is 32.6. The highest BCUT2D eigenvalue weighted by Gasteiger charge is 2.20. The van der Waals surface area contributed by atoms with Crippen molar-refractivity contribution in [3.8, 4) is 0 Å². The van der Waals surface area contributed by atoms with E-state index >= 15 is 0 Å². The summed E-state index contributed by atoms with van der Waals surface area (Å²) in [7, 11) is 0. The van der Waals surface area contributed by atoms with Crippen molar-refractivity contribution in [3.05, 3.63) is 36.5 Å². The van der Waals surface area contributed by atoms with Crippen molar-refractivity contribution in [2.24, 2.45) is 0 Å². The van der Waals surface area contributed by atoms with Crippen LogP contribution < -0.4 is 5.32 Å². The average molecular weight is 690 g/mol. The number of carbonyl (C=O) groups is 1. The molecule has 0 heterocycles. The van der Waals surface area contributed by atoms with Gasteiger partial charge in [0.1, 0.15) is 0 Å². The van der Waals surface area contributed by atoms with Crippen molar-refractivity contribution in [3.63, 3.8) is 0 Å². The summed E-state index contributed by atoms with van der Waals surface area (Å²) in [5.41, 5.74) is 0. The fourth-order valence-corrected chi connectivity index (χ4v) is 6.37. The first-order valence-corrected chi connectivity index (χ1v) is 21.3. The van der Waals surface area contributed by atoms with E-state index in [4.69, 9.17) is 0 Å². The Bertz CT molecular complexity index is 764. The molecule has 0 rings (SSSR count). The molecule has 0 aromatic rings. The van der Waals surface area contributed by atoms with E-state index in [1.807, 2.05) is 6.08 Å². The molecule has 0 aromatic heterocycles. The predicted molar refractivity (Wildman–Crippen MR) is 213 cm³/mol. The molecule has 4 N–H and O–H groups in total. The second-order valence-electron chi connectivity index (χ2n) is 14.6. The molecule has 0 saturated carbocycles. The molecule has 0 bridgehead atoms. The average Bonchev–Trinajstić information content (AvgIpc) is 3.09. The van der Waals surface area contributed by atoms with Crippen molar-refractivity contribution in [1.82, 2.24) is 5.32 Å². The molecule has 3 atom stereocenters. The van der Waals surface area contributed by atoms with Gasteiger partial charge in [-0.15, -0.1) is 0 Å². The van der Waals surface area contributed by atoms with Gasteiger partial charge in [0, 0.05) is 0 Å². The Morgan fingerprint density at radius 2 is 0.878 bits per heavy atom. The van der Waals surface area contributed by atoms with Gasteiger partial charge < -0.3 is 20.6 Å². The van der Waals surface area contributed by atoms with E-state index < -0.39 is 18.2 Å². The number of aliphatic hydroxyl groups is 3. The summed E-state index contributed by atoms with van der Waals surface area (Å²) in [5, 5.41) is 33.2. The molecular formula is C44H83NO4. The molecule has 0 fully saturated rings. The fraction of sp³-hybridized carbons (Fsp3) is 0.841. The second kappa shape index (κ2) is 39.4. The van der Waals surface area contributed by atoms with Crippen LogP contribution >= 0.6 is 0 Å². The third-order valence-corrected chi connectivity index (χ3v) is 9.66. The van der Waals surface area contributed by atoms with E-state index in [1.165, 1.54) is 148 Å². The Kier molecular flexibility index (Phi) is 38.2. The summed E-state index contributed by atoms with van der Waals surface area (Å²) < 4.78 is 0. The van der Waals surface area contributed by atoms with Gasteiger partial charge in [-0.25, -0.2) is 0 Å². The SMILES string of the molecule is CCCCCCCCCC/C=C/CC/C=C/CC/C=C/C(O)C(CO)NC(=O)CC(O)CCCCCCCCCCCCCCCCCC. The minimum absolute atomic E-state index is 0.00481. The molecule has 288 valence electrons. The fourth-order valence-electron chi connectivity index (χ4n) is 6.37. The van der Waals surface area contributed by atoms with Crippen LogP contribution in [0.3, 0.4) is 0 Å². The summed E-state index contributed by atoms with van der Waals surface area (Å²) in [5.74, 6) is -0.328. The van der Waals surface area contributed by atoms with Gasteiger partial charge in [0.2, 0.25) is 5.91 Å².